The Morgan fingerprint density at radius 2 is 2.12 bits per heavy atom. The highest BCUT2D eigenvalue weighted by molar-refractivity contribution is 5.87. The minimum absolute atomic E-state index is 0.0636. The zero-order valence-corrected chi connectivity index (χ0v) is 9.84. The van der Waals surface area contributed by atoms with Crippen molar-refractivity contribution in [1.29, 1.82) is 0 Å². The van der Waals surface area contributed by atoms with Crippen LogP contribution in [-0.2, 0) is 9.59 Å². The van der Waals surface area contributed by atoms with Crippen molar-refractivity contribution in [2.45, 2.75) is 38.6 Å². The standard InChI is InChI=1S/C11H21N3O2/c1-2-6-13-10(15)8-14-11(16)9-5-3-4-7-12-9/h9,12H,2-8H2,1H3,(H,13,15)(H,14,16). The van der Waals surface area contributed by atoms with Gasteiger partial charge in [0.05, 0.1) is 12.6 Å². The molecule has 1 atom stereocenters. The number of rotatable bonds is 5. The maximum Gasteiger partial charge on any atom is 0.239 e. The molecule has 0 bridgehead atoms. The van der Waals surface area contributed by atoms with Crippen molar-refractivity contribution < 1.29 is 9.59 Å². The average molecular weight is 227 g/mol. The summed E-state index contributed by atoms with van der Waals surface area (Å²) < 4.78 is 0. The Morgan fingerprint density at radius 1 is 1.31 bits per heavy atom. The summed E-state index contributed by atoms with van der Waals surface area (Å²) in [6.45, 7) is 3.62. The summed E-state index contributed by atoms with van der Waals surface area (Å²) in [6.07, 6.45) is 3.97. The average Bonchev–Trinajstić information content (AvgIpc) is 2.34. The van der Waals surface area contributed by atoms with Crippen LogP contribution in [0, 0.1) is 0 Å². The van der Waals surface area contributed by atoms with Gasteiger partial charge in [-0.05, 0) is 25.8 Å². The van der Waals surface area contributed by atoms with E-state index in [-0.39, 0.29) is 24.4 Å². The molecule has 0 aromatic carbocycles. The molecule has 1 aliphatic rings. The molecular weight excluding hydrogens is 206 g/mol. The predicted molar refractivity (Wildman–Crippen MR) is 62.0 cm³/mol. The topological polar surface area (TPSA) is 70.2 Å². The van der Waals surface area contributed by atoms with Crippen LogP contribution < -0.4 is 16.0 Å². The second-order valence-corrected chi connectivity index (χ2v) is 4.07. The van der Waals surface area contributed by atoms with Crippen molar-refractivity contribution in [2.24, 2.45) is 0 Å². The van der Waals surface area contributed by atoms with E-state index in [1.807, 2.05) is 6.92 Å². The van der Waals surface area contributed by atoms with Crippen molar-refractivity contribution in [2.75, 3.05) is 19.6 Å². The smallest absolute Gasteiger partial charge is 0.239 e. The zero-order valence-electron chi connectivity index (χ0n) is 9.84. The first-order valence-electron chi connectivity index (χ1n) is 6.02. The van der Waals surface area contributed by atoms with Crippen LogP contribution in [0.5, 0.6) is 0 Å². The molecule has 1 fully saturated rings. The molecule has 5 nitrogen and oxygen atoms in total. The third-order valence-corrected chi connectivity index (χ3v) is 2.62. The number of nitrogens with one attached hydrogen (secondary N) is 3. The Bertz CT molecular complexity index is 237. The van der Waals surface area contributed by atoms with Gasteiger partial charge in [-0.25, -0.2) is 0 Å². The summed E-state index contributed by atoms with van der Waals surface area (Å²) in [5, 5.41) is 8.51. The van der Waals surface area contributed by atoms with Gasteiger partial charge < -0.3 is 16.0 Å². The molecule has 0 radical (unpaired) electrons. The van der Waals surface area contributed by atoms with Gasteiger partial charge in [-0.3, -0.25) is 9.59 Å². The van der Waals surface area contributed by atoms with E-state index in [0.717, 1.165) is 32.2 Å². The highest BCUT2D eigenvalue weighted by Crippen LogP contribution is 2.06. The number of hydrogen-bond donors (Lipinski definition) is 3. The van der Waals surface area contributed by atoms with Gasteiger partial charge in [0.15, 0.2) is 0 Å². The van der Waals surface area contributed by atoms with Gasteiger partial charge >= 0.3 is 0 Å². The van der Waals surface area contributed by atoms with E-state index < -0.39 is 0 Å². The second-order valence-electron chi connectivity index (χ2n) is 4.07. The van der Waals surface area contributed by atoms with Gasteiger partial charge in [0, 0.05) is 6.54 Å². The Morgan fingerprint density at radius 3 is 2.75 bits per heavy atom. The van der Waals surface area contributed by atoms with Gasteiger partial charge in [0.2, 0.25) is 11.8 Å². The van der Waals surface area contributed by atoms with Crippen molar-refractivity contribution in [3.8, 4) is 0 Å². The van der Waals surface area contributed by atoms with E-state index in [9.17, 15) is 9.59 Å². The number of piperidine rings is 1. The van der Waals surface area contributed by atoms with Crippen molar-refractivity contribution >= 4 is 11.8 Å². The van der Waals surface area contributed by atoms with E-state index in [4.69, 9.17) is 0 Å². The van der Waals surface area contributed by atoms with Crippen LogP contribution in [0.4, 0.5) is 0 Å². The van der Waals surface area contributed by atoms with Crippen molar-refractivity contribution in [3.05, 3.63) is 0 Å². The van der Waals surface area contributed by atoms with Crippen LogP contribution in [0.2, 0.25) is 0 Å². The molecule has 1 unspecified atom stereocenters. The number of amides is 2. The maximum atomic E-state index is 11.6. The SMILES string of the molecule is CCCNC(=O)CNC(=O)C1CCCCN1. The molecule has 0 aliphatic carbocycles. The number of carbonyl (C=O) groups excluding carboxylic acids is 2. The molecule has 0 aromatic heterocycles. The molecule has 0 saturated carbocycles. The Balaban J connectivity index is 2.15. The number of carbonyl (C=O) groups is 2. The van der Waals surface area contributed by atoms with Gasteiger partial charge in [-0.15, -0.1) is 0 Å². The highest BCUT2D eigenvalue weighted by Gasteiger charge is 2.20. The van der Waals surface area contributed by atoms with E-state index in [1.165, 1.54) is 0 Å². The quantitative estimate of drug-likeness (QED) is 0.607. The lowest BCUT2D eigenvalue weighted by Crippen LogP contribution is -2.49. The molecule has 5 heteroatoms. The van der Waals surface area contributed by atoms with Gasteiger partial charge in [0.1, 0.15) is 0 Å². The first-order chi connectivity index (χ1) is 7.74. The molecule has 2 amide bonds. The molecule has 1 rings (SSSR count). The zero-order chi connectivity index (χ0) is 11.8. The molecule has 0 spiro atoms. The van der Waals surface area contributed by atoms with Crippen molar-refractivity contribution in [3.63, 3.8) is 0 Å². The van der Waals surface area contributed by atoms with Crippen LogP contribution in [-0.4, -0.2) is 37.5 Å². The minimum atomic E-state index is -0.119. The summed E-state index contributed by atoms with van der Waals surface area (Å²) in [5.74, 6) is -0.183. The molecule has 1 aliphatic heterocycles. The molecule has 3 N–H and O–H groups in total. The lowest BCUT2D eigenvalue weighted by Gasteiger charge is -2.22. The first-order valence-corrected chi connectivity index (χ1v) is 6.02. The summed E-state index contributed by atoms with van der Waals surface area (Å²) >= 11 is 0. The highest BCUT2D eigenvalue weighted by atomic mass is 16.2. The van der Waals surface area contributed by atoms with Crippen LogP contribution in [0.3, 0.4) is 0 Å². The van der Waals surface area contributed by atoms with E-state index in [1.54, 1.807) is 0 Å². The van der Waals surface area contributed by atoms with E-state index >= 15 is 0 Å². The second kappa shape index (κ2) is 7.22. The van der Waals surface area contributed by atoms with Crippen LogP contribution >= 0.6 is 0 Å². The fraction of sp³-hybridized carbons (Fsp3) is 0.818. The lowest BCUT2D eigenvalue weighted by atomic mass is 10.0. The lowest BCUT2D eigenvalue weighted by molar-refractivity contribution is -0.127. The number of hydrogen-bond acceptors (Lipinski definition) is 3. The van der Waals surface area contributed by atoms with Crippen molar-refractivity contribution in [1.82, 2.24) is 16.0 Å². The fourth-order valence-corrected chi connectivity index (χ4v) is 1.69. The third-order valence-electron chi connectivity index (χ3n) is 2.62. The van der Waals surface area contributed by atoms with E-state index in [0.29, 0.717) is 6.54 Å². The Labute approximate surface area is 96.4 Å². The van der Waals surface area contributed by atoms with Gasteiger partial charge in [0.25, 0.3) is 0 Å². The van der Waals surface area contributed by atoms with Gasteiger partial charge in [-0.2, -0.15) is 0 Å². The first kappa shape index (κ1) is 13.0. The summed E-state index contributed by atoms with van der Waals surface area (Å²) in [5.41, 5.74) is 0. The normalized spacial score (nSPS) is 20.2. The fourth-order valence-electron chi connectivity index (χ4n) is 1.69. The van der Waals surface area contributed by atoms with Crippen LogP contribution in [0.25, 0.3) is 0 Å². The van der Waals surface area contributed by atoms with Crippen LogP contribution in [0.15, 0.2) is 0 Å². The van der Waals surface area contributed by atoms with Crippen LogP contribution in [0.1, 0.15) is 32.6 Å². The molecule has 16 heavy (non-hydrogen) atoms. The summed E-state index contributed by atoms with van der Waals surface area (Å²) in [6, 6.07) is -0.118. The summed E-state index contributed by atoms with van der Waals surface area (Å²) in [4.78, 5) is 22.9. The molecule has 0 aromatic rings. The van der Waals surface area contributed by atoms with Gasteiger partial charge in [-0.1, -0.05) is 13.3 Å². The molecule has 1 saturated heterocycles. The molecular formula is C11H21N3O2. The molecule has 92 valence electrons. The third kappa shape index (κ3) is 4.61. The van der Waals surface area contributed by atoms with E-state index in [2.05, 4.69) is 16.0 Å². The summed E-state index contributed by atoms with van der Waals surface area (Å²) in [7, 11) is 0. The Hall–Kier alpha value is -1.10. The Kier molecular flexibility index (Phi) is 5.85. The largest absolute Gasteiger partial charge is 0.355 e. The monoisotopic (exact) mass is 227 g/mol. The maximum absolute atomic E-state index is 11.6. The molecule has 1 heterocycles. The minimum Gasteiger partial charge on any atom is -0.355 e. The predicted octanol–water partition coefficient (Wildman–Crippen LogP) is -0.229.